The summed E-state index contributed by atoms with van der Waals surface area (Å²) in [5.41, 5.74) is 5.52. The summed E-state index contributed by atoms with van der Waals surface area (Å²) in [4.78, 5) is 1.26. The third kappa shape index (κ3) is 3.35. The Morgan fingerprint density at radius 2 is 2.16 bits per heavy atom. The molecule has 0 saturated carbocycles. The SMILES string of the molecule is CCOC1CCN(S(=O)(=O)c2csc(CN)c2)CC1. The van der Waals surface area contributed by atoms with Gasteiger partial charge in [-0.05, 0) is 25.8 Å². The standard InChI is InChI=1S/C12H20N2O3S2/c1-2-17-10-3-5-14(6-4-10)19(15,16)12-7-11(8-13)18-9-12/h7,9-10H,2-6,8,13H2,1H3. The fourth-order valence-electron chi connectivity index (χ4n) is 2.23. The number of piperidine rings is 1. The smallest absolute Gasteiger partial charge is 0.243 e. The van der Waals surface area contributed by atoms with Gasteiger partial charge in [0.05, 0.1) is 11.0 Å². The van der Waals surface area contributed by atoms with Crippen molar-refractivity contribution in [2.24, 2.45) is 5.73 Å². The summed E-state index contributed by atoms with van der Waals surface area (Å²) in [7, 11) is -3.36. The lowest BCUT2D eigenvalue weighted by molar-refractivity contribution is 0.0290. The number of rotatable bonds is 5. The molecule has 7 heteroatoms. The van der Waals surface area contributed by atoms with Gasteiger partial charge in [0, 0.05) is 36.5 Å². The van der Waals surface area contributed by atoms with Crippen LogP contribution < -0.4 is 5.73 Å². The lowest BCUT2D eigenvalue weighted by Gasteiger charge is -2.30. The Morgan fingerprint density at radius 3 is 2.68 bits per heavy atom. The van der Waals surface area contributed by atoms with Crippen molar-refractivity contribution in [3.63, 3.8) is 0 Å². The zero-order chi connectivity index (χ0) is 13.9. The summed E-state index contributed by atoms with van der Waals surface area (Å²) in [5, 5.41) is 1.67. The summed E-state index contributed by atoms with van der Waals surface area (Å²) < 4.78 is 31.9. The van der Waals surface area contributed by atoms with E-state index in [1.54, 1.807) is 15.8 Å². The lowest BCUT2D eigenvalue weighted by atomic mass is 10.1. The van der Waals surface area contributed by atoms with E-state index in [1.165, 1.54) is 11.3 Å². The Labute approximate surface area is 118 Å². The van der Waals surface area contributed by atoms with Gasteiger partial charge in [-0.2, -0.15) is 4.31 Å². The minimum atomic E-state index is -3.36. The van der Waals surface area contributed by atoms with Gasteiger partial charge in [0.1, 0.15) is 0 Å². The predicted molar refractivity (Wildman–Crippen MR) is 75.6 cm³/mol. The average Bonchev–Trinajstić information content (AvgIpc) is 2.89. The number of nitrogens with two attached hydrogens (primary N) is 1. The summed E-state index contributed by atoms with van der Waals surface area (Å²) in [6, 6.07) is 1.68. The van der Waals surface area contributed by atoms with Crippen LogP contribution in [0.5, 0.6) is 0 Å². The zero-order valence-electron chi connectivity index (χ0n) is 11.0. The van der Waals surface area contributed by atoms with E-state index in [0.29, 0.717) is 31.1 Å². The van der Waals surface area contributed by atoms with Crippen LogP contribution in [-0.4, -0.2) is 38.5 Å². The van der Waals surface area contributed by atoms with Gasteiger partial charge in [-0.25, -0.2) is 8.42 Å². The van der Waals surface area contributed by atoms with Crippen molar-refractivity contribution in [1.29, 1.82) is 0 Å². The third-order valence-electron chi connectivity index (χ3n) is 3.27. The summed E-state index contributed by atoms with van der Waals surface area (Å²) >= 11 is 1.39. The minimum absolute atomic E-state index is 0.193. The quantitative estimate of drug-likeness (QED) is 0.892. The molecule has 108 valence electrons. The van der Waals surface area contributed by atoms with Crippen LogP contribution in [0.25, 0.3) is 0 Å². The van der Waals surface area contributed by atoms with Gasteiger partial charge in [0.25, 0.3) is 0 Å². The first kappa shape index (κ1) is 14.9. The number of hydrogen-bond acceptors (Lipinski definition) is 5. The first-order chi connectivity index (χ1) is 9.07. The van der Waals surface area contributed by atoms with Crippen LogP contribution in [0.15, 0.2) is 16.3 Å². The molecule has 0 unspecified atom stereocenters. The second-order valence-electron chi connectivity index (χ2n) is 4.51. The van der Waals surface area contributed by atoms with Gasteiger partial charge < -0.3 is 10.5 Å². The topological polar surface area (TPSA) is 72.6 Å². The molecule has 1 aromatic rings. The van der Waals surface area contributed by atoms with Crippen LogP contribution in [0.2, 0.25) is 0 Å². The van der Waals surface area contributed by atoms with Gasteiger partial charge in [-0.1, -0.05) is 0 Å². The van der Waals surface area contributed by atoms with E-state index in [-0.39, 0.29) is 6.10 Å². The maximum Gasteiger partial charge on any atom is 0.243 e. The first-order valence-corrected chi connectivity index (χ1v) is 8.79. The molecule has 2 N–H and O–H groups in total. The highest BCUT2D eigenvalue weighted by Gasteiger charge is 2.30. The van der Waals surface area contributed by atoms with Crippen molar-refractivity contribution in [2.45, 2.75) is 37.3 Å². The van der Waals surface area contributed by atoms with Gasteiger partial charge >= 0.3 is 0 Å². The highest BCUT2D eigenvalue weighted by atomic mass is 32.2. The van der Waals surface area contributed by atoms with E-state index in [9.17, 15) is 8.42 Å². The molecule has 0 atom stereocenters. The largest absolute Gasteiger partial charge is 0.378 e. The van der Waals surface area contributed by atoms with Crippen LogP contribution in [0.3, 0.4) is 0 Å². The highest BCUT2D eigenvalue weighted by molar-refractivity contribution is 7.89. The second-order valence-corrected chi connectivity index (χ2v) is 7.45. The molecular weight excluding hydrogens is 284 g/mol. The van der Waals surface area contributed by atoms with Crippen molar-refractivity contribution in [2.75, 3.05) is 19.7 Å². The van der Waals surface area contributed by atoms with Crippen molar-refractivity contribution < 1.29 is 13.2 Å². The number of thiophene rings is 1. The number of nitrogens with zero attached hydrogens (tertiary/aromatic N) is 1. The van der Waals surface area contributed by atoms with Crippen molar-refractivity contribution in [3.8, 4) is 0 Å². The summed E-state index contributed by atoms with van der Waals surface area (Å²) in [6.45, 7) is 4.08. The van der Waals surface area contributed by atoms with E-state index in [4.69, 9.17) is 10.5 Å². The molecule has 0 aromatic carbocycles. The van der Waals surface area contributed by atoms with E-state index in [2.05, 4.69) is 0 Å². The predicted octanol–water partition coefficient (Wildman–Crippen LogP) is 1.40. The van der Waals surface area contributed by atoms with E-state index in [1.807, 2.05) is 6.92 Å². The molecule has 1 fully saturated rings. The molecule has 0 spiro atoms. The molecule has 1 aliphatic heterocycles. The molecule has 0 amide bonds. The van der Waals surface area contributed by atoms with Crippen molar-refractivity contribution in [3.05, 3.63) is 16.3 Å². The number of hydrogen-bond donors (Lipinski definition) is 1. The van der Waals surface area contributed by atoms with Crippen LogP contribution in [0, 0.1) is 0 Å². The van der Waals surface area contributed by atoms with E-state index < -0.39 is 10.0 Å². The maximum absolute atomic E-state index is 12.4. The summed E-state index contributed by atoms with van der Waals surface area (Å²) in [5.74, 6) is 0. The van der Waals surface area contributed by atoms with Gasteiger partial charge in [-0.15, -0.1) is 11.3 Å². The Balaban J connectivity index is 2.05. The number of sulfonamides is 1. The molecule has 1 aromatic heterocycles. The Morgan fingerprint density at radius 1 is 1.47 bits per heavy atom. The molecular formula is C12H20N2O3S2. The maximum atomic E-state index is 12.4. The fourth-order valence-corrected chi connectivity index (χ4v) is 4.84. The average molecular weight is 304 g/mol. The van der Waals surface area contributed by atoms with Crippen LogP contribution in [-0.2, 0) is 21.3 Å². The van der Waals surface area contributed by atoms with Crippen molar-refractivity contribution in [1.82, 2.24) is 4.31 Å². The van der Waals surface area contributed by atoms with Crippen LogP contribution in [0.1, 0.15) is 24.6 Å². The minimum Gasteiger partial charge on any atom is -0.378 e. The molecule has 5 nitrogen and oxygen atoms in total. The fraction of sp³-hybridized carbons (Fsp3) is 0.667. The van der Waals surface area contributed by atoms with Gasteiger partial charge in [0.15, 0.2) is 0 Å². The molecule has 19 heavy (non-hydrogen) atoms. The zero-order valence-corrected chi connectivity index (χ0v) is 12.7. The van der Waals surface area contributed by atoms with Crippen molar-refractivity contribution >= 4 is 21.4 Å². The third-order valence-corrected chi connectivity index (χ3v) is 6.26. The first-order valence-electron chi connectivity index (χ1n) is 6.47. The Kier molecular flexibility index (Phi) is 4.97. The lowest BCUT2D eigenvalue weighted by Crippen LogP contribution is -2.40. The van der Waals surface area contributed by atoms with Crippen LogP contribution in [0.4, 0.5) is 0 Å². The molecule has 1 aliphatic rings. The van der Waals surface area contributed by atoms with E-state index >= 15 is 0 Å². The molecule has 1 saturated heterocycles. The normalized spacial score (nSPS) is 18.8. The molecule has 0 radical (unpaired) electrons. The Hall–Kier alpha value is -0.470. The monoisotopic (exact) mass is 304 g/mol. The van der Waals surface area contributed by atoms with Gasteiger partial charge in [-0.3, -0.25) is 0 Å². The Bertz CT molecular complexity index is 505. The van der Waals surface area contributed by atoms with Gasteiger partial charge in [0.2, 0.25) is 10.0 Å². The molecule has 2 rings (SSSR count). The molecule has 2 heterocycles. The second kappa shape index (κ2) is 6.32. The van der Waals surface area contributed by atoms with Crippen LogP contribution >= 0.6 is 11.3 Å². The highest BCUT2D eigenvalue weighted by Crippen LogP contribution is 2.25. The molecule has 0 aliphatic carbocycles. The number of ether oxygens (including phenoxy) is 1. The molecule has 0 bridgehead atoms. The summed E-state index contributed by atoms with van der Waals surface area (Å²) in [6.07, 6.45) is 1.72. The van der Waals surface area contributed by atoms with E-state index in [0.717, 1.165) is 17.7 Å².